The van der Waals surface area contributed by atoms with Crippen molar-refractivity contribution in [2.45, 2.75) is 442 Å². The molecule has 0 bridgehead atoms. The van der Waals surface area contributed by atoms with Crippen molar-refractivity contribution in [1.82, 2.24) is 5.32 Å². The second-order valence-electron chi connectivity index (χ2n) is 27.8. The van der Waals surface area contributed by atoms with Crippen LogP contribution in [-0.4, -0.2) is 100 Å². The molecule has 0 aliphatic carbocycles. The highest BCUT2D eigenvalue weighted by atomic mass is 16.7. The zero-order valence-corrected chi connectivity index (χ0v) is 59.8. The van der Waals surface area contributed by atoms with Gasteiger partial charge in [-0.3, -0.25) is 9.59 Å². The van der Waals surface area contributed by atoms with E-state index in [0.717, 1.165) is 64.2 Å². The largest absolute Gasteiger partial charge is 0.466 e. The van der Waals surface area contributed by atoms with E-state index < -0.39 is 49.5 Å². The maximum atomic E-state index is 13.0. The number of nitrogens with one attached hydrogen (secondary N) is 1. The maximum Gasteiger partial charge on any atom is 0.305 e. The third-order valence-electron chi connectivity index (χ3n) is 19.0. The van der Waals surface area contributed by atoms with Crippen LogP contribution in [0.3, 0.4) is 0 Å². The molecule has 0 spiro atoms. The smallest absolute Gasteiger partial charge is 0.305 e. The van der Waals surface area contributed by atoms with E-state index in [9.17, 15) is 35.1 Å². The van der Waals surface area contributed by atoms with Crippen LogP contribution in [0.5, 0.6) is 0 Å². The Kier molecular flexibility index (Phi) is 66.1. The molecule has 1 heterocycles. The van der Waals surface area contributed by atoms with Crippen LogP contribution in [0.2, 0.25) is 0 Å². The van der Waals surface area contributed by atoms with Crippen molar-refractivity contribution in [3.05, 3.63) is 36.5 Å². The van der Waals surface area contributed by atoms with Crippen molar-refractivity contribution in [3.63, 3.8) is 0 Å². The van der Waals surface area contributed by atoms with Gasteiger partial charge in [-0.25, -0.2) is 0 Å². The molecule has 1 saturated heterocycles. The lowest BCUT2D eigenvalue weighted by Gasteiger charge is -2.40. The number of allylic oxidation sites excluding steroid dienone is 5. The third kappa shape index (κ3) is 57.8. The average Bonchev–Trinajstić information content (AvgIpc) is 1.17. The molecule has 1 amide bonds. The van der Waals surface area contributed by atoms with Crippen LogP contribution in [0, 0.1) is 0 Å². The Morgan fingerprint density at radius 1 is 0.407 bits per heavy atom. The zero-order chi connectivity index (χ0) is 65.8. The van der Waals surface area contributed by atoms with Crippen molar-refractivity contribution >= 4 is 11.9 Å². The summed E-state index contributed by atoms with van der Waals surface area (Å²) < 4.78 is 16.8. The summed E-state index contributed by atoms with van der Waals surface area (Å²) in [5.41, 5.74) is 0. The molecular formula is C80H151NO10. The van der Waals surface area contributed by atoms with Gasteiger partial charge in [0, 0.05) is 12.8 Å². The summed E-state index contributed by atoms with van der Waals surface area (Å²) in [5, 5.41) is 54.4. The Balaban J connectivity index is 1.85. The van der Waals surface area contributed by atoms with Gasteiger partial charge in [0.05, 0.1) is 32.0 Å². The van der Waals surface area contributed by atoms with Crippen molar-refractivity contribution in [1.29, 1.82) is 0 Å². The molecule has 1 aliphatic heterocycles. The fourth-order valence-electron chi connectivity index (χ4n) is 12.8. The van der Waals surface area contributed by atoms with E-state index in [0.29, 0.717) is 19.4 Å². The van der Waals surface area contributed by atoms with E-state index in [1.54, 1.807) is 6.08 Å². The monoisotopic (exact) mass is 1290 g/mol. The number of hydrogen-bond donors (Lipinski definition) is 6. The number of rotatable bonds is 71. The van der Waals surface area contributed by atoms with E-state index >= 15 is 0 Å². The minimum absolute atomic E-state index is 0.00912. The zero-order valence-electron chi connectivity index (χ0n) is 59.8. The first-order chi connectivity index (χ1) is 44.7. The van der Waals surface area contributed by atoms with Gasteiger partial charge in [-0.05, 0) is 64.2 Å². The van der Waals surface area contributed by atoms with E-state index in [2.05, 4.69) is 43.5 Å². The van der Waals surface area contributed by atoms with Gasteiger partial charge in [-0.2, -0.15) is 0 Å². The van der Waals surface area contributed by atoms with Gasteiger partial charge < -0.3 is 45.1 Å². The highest BCUT2D eigenvalue weighted by Crippen LogP contribution is 2.24. The first-order valence-corrected chi connectivity index (χ1v) is 39.8. The first kappa shape index (κ1) is 86.9. The standard InChI is InChI=1S/C80H151NO10/c1-3-5-7-9-11-13-15-16-17-18-39-42-45-48-52-56-60-64-68-76(85)89-69-65-61-57-53-49-46-43-40-37-35-33-31-29-27-25-23-21-19-20-22-24-26-28-30-32-34-36-38-41-44-47-51-55-59-63-67-75(84)81-72(71-90-80-79(88)78(87)77(86)74(70-82)91-80)73(83)66-62-58-54-50-14-12-10-8-6-4-2/h13,15,17-18,62,66,72-74,77-80,82-83,86-88H,3-12,14,16,19-61,63-65,67-71H2,1-2H3,(H,81,84)/b15-13-,18-17-,66-62+. The molecule has 11 nitrogen and oxygen atoms in total. The Morgan fingerprint density at radius 3 is 1.12 bits per heavy atom. The van der Waals surface area contributed by atoms with Crippen LogP contribution >= 0.6 is 0 Å². The molecule has 1 fully saturated rings. The van der Waals surface area contributed by atoms with E-state index in [1.165, 1.54) is 308 Å². The average molecular weight is 1290 g/mol. The molecule has 7 unspecified atom stereocenters. The normalized spacial score (nSPS) is 17.7. The predicted octanol–water partition coefficient (Wildman–Crippen LogP) is 21.3. The lowest BCUT2D eigenvalue weighted by molar-refractivity contribution is -0.302. The number of carbonyl (C=O) groups excluding carboxylic acids is 2. The fourth-order valence-corrected chi connectivity index (χ4v) is 12.8. The van der Waals surface area contributed by atoms with Crippen LogP contribution in [-0.2, 0) is 23.8 Å². The molecule has 0 aromatic carbocycles. The quantitative estimate of drug-likeness (QED) is 0.0195. The van der Waals surface area contributed by atoms with Gasteiger partial charge in [0.15, 0.2) is 6.29 Å². The second-order valence-corrected chi connectivity index (χ2v) is 27.8. The minimum Gasteiger partial charge on any atom is -0.466 e. The Morgan fingerprint density at radius 2 is 0.736 bits per heavy atom. The summed E-state index contributed by atoms with van der Waals surface area (Å²) in [6, 6.07) is -0.805. The summed E-state index contributed by atoms with van der Waals surface area (Å²) in [7, 11) is 0. The number of carbonyl (C=O) groups is 2. The van der Waals surface area contributed by atoms with Gasteiger partial charge in [0.2, 0.25) is 5.91 Å². The van der Waals surface area contributed by atoms with E-state index in [1.807, 2.05) is 6.08 Å². The molecule has 0 aromatic heterocycles. The van der Waals surface area contributed by atoms with Crippen LogP contribution in [0.25, 0.3) is 0 Å². The summed E-state index contributed by atoms with van der Waals surface area (Å²) in [4.78, 5) is 25.2. The molecule has 1 aliphatic rings. The Bertz CT molecular complexity index is 1610. The topological polar surface area (TPSA) is 175 Å². The molecule has 0 saturated carbocycles. The van der Waals surface area contributed by atoms with Gasteiger partial charge in [0.25, 0.3) is 0 Å². The van der Waals surface area contributed by atoms with Crippen molar-refractivity contribution < 1.29 is 49.3 Å². The Labute approximate surface area is 562 Å². The van der Waals surface area contributed by atoms with Crippen LogP contribution < -0.4 is 5.32 Å². The van der Waals surface area contributed by atoms with Crippen molar-refractivity contribution in [2.24, 2.45) is 0 Å². The molecule has 7 atom stereocenters. The SMILES string of the molecule is CCCCCC/C=C\C/C=C\CCCCCCCCCC(=O)OCCCCCCCCCCCCCCCCCCCCCCCCCCCCCCCCCCCCCC(=O)NC(COC1OC(CO)C(O)C(O)C1O)C(O)/C=C/CCCCCCCCCC. The molecule has 91 heavy (non-hydrogen) atoms. The summed E-state index contributed by atoms with van der Waals surface area (Å²) in [5.74, 6) is -0.167. The van der Waals surface area contributed by atoms with E-state index in [-0.39, 0.29) is 18.5 Å². The lowest BCUT2D eigenvalue weighted by atomic mass is 9.99. The number of unbranched alkanes of at least 4 members (excludes halogenated alkanes) is 53. The van der Waals surface area contributed by atoms with Crippen LogP contribution in [0.4, 0.5) is 0 Å². The van der Waals surface area contributed by atoms with E-state index in [4.69, 9.17) is 14.2 Å². The first-order valence-electron chi connectivity index (χ1n) is 39.8. The molecular weight excluding hydrogens is 1130 g/mol. The van der Waals surface area contributed by atoms with Crippen molar-refractivity contribution in [3.8, 4) is 0 Å². The highest BCUT2D eigenvalue weighted by molar-refractivity contribution is 5.76. The highest BCUT2D eigenvalue weighted by Gasteiger charge is 2.44. The fraction of sp³-hybridized carbons (Fsp3) is 0.900. The number of aliphatic hydroxyl groups excluding tert-OH is 5. The number of aliphatic hydroxyl groups is 5. The van der Waals surface area contributed by atoms with Gasteiger partial charge in [-0.15, -0.1) is 0 Å². The molecule has 536 valence electrons. The summed E-state index contributed by atoms with van der Waals surface area (Å²) in [6.45, 7) is 4.35. The molecule has 0 aromatic rings. The van der Waals surface area contributed by atoms with Gasteiger partial charge >= 0.3 is 5.97 Å². The number of amides is 1. The molecule has 0 radical (unpaired) electrons. The van der Waals surface area contributed by atoms with Crippen molar-refractivity contribution in [2.75, 3.05) is 19.8 Å². The predicted molar refractivity (Wildman–Crippen MR) is 384 cm³/mol. The van der Waals surface area contributed by atoms with Crippen LogP contribution in [0.15, 0.2) is 36.5 Å². The van der Waals surface area contributed by atoms with Gasteiger partial charge in [0.1, 0.15) is 24.4 Å². The summed E-state index contributed by atoms with van der Waals surface area (Å²) in [6.07, 6.45) is 80.4. The maximum absolute atomic E-state index is 13.0. The van der Waals surface area contributed by atoms with Gasteiger partial charge in [-0.1, -0.05) is 359 Å². The Hall–Kier alpha value is -2.12. The second kappa shape index (κ2) is 69.2. The number of ether oxygens (including phenoxy) is 3. The third-order valence-corrected chi connectivity index (χ3v) is 19.0. The molecule has 11 heteroatoms. The number of esters is 1. The summed E-state index contributed by atoms with van der Waals surface area (Å²) >= 11 is 0. The molecule has 1 rings (SSSR count). The van der Waals surface area contributed by atoms with Crippen LogP contribution in [0.1, 0.15) is 399 Å². The molecule has 6 N–H and O–H groups in total. The lowest BCUT2D eigenvalue weighted by Crippen LogP contribution is -2.60. The number of hydrogen-bond acceptors (Lipinski definition) is 10. The minimum atomic E-state index is -1.57.